The number of phenols is 1. The smallest absolute Gasteiger partial charge is 0.255 e. The zero-order valence-corrected chi connectivity index (χ0v) is 11.3. The minimum Gasteiger partial charge on any atom is -0.507 e. The second kappa shape index (κ2) is 7.74. The van der Waals surface area contributed by atoms with E-state index in [-0.39, 0.29) is 11.3 Å². The van der Waals surface area contributed by atoms with E-state index in [0.29, 0.717) is 25.7 Å². The maximum atomic E-state index is 12.8. The van der Waals surface area contributed by atoms with Gasteiger partial charge in [-0.3, -0.25) is 4.79 Å². The number of ether oxygens (including phenoxy) is 1. The van der Waals surface area contributed by atoms with Crippen LogP contribution in [0, 0.1) is 11.7 Å². The van der Waals surface area contributed by atoms with Gasteiger partial charge in [-0.2, -0.15) is 0 Å². The lowest BCUT2D eigenvalue weighted by molar-refractivity contribution is 0.0903. The van der Waals surface area contributed by atoms with Gasteiger partial charge in [0, 0.05) is 19.2 Å². The summed E-state index contributed by atoms with van der Waals surface area (Å²) in [6.07, 6.45) is 0.979. The minimum atomic E-state index is -0.578. The van der Waals surface area contributed by atoms with E-state index in [1.54, 1.807) is 0 Å². The average molecular weight is 269 g/mol. The Bertz CT molecular complexity index is 421. The first-order valence-electron chi connectivity index (χ1n) is 6.35. The van der Waals surface area contributed by atoms with E-state index >= 15 is 0 Å². The number of hydrogen-bond donors (Lipinski definition) is 2. The van der Waals surface area contributed by atoms with Crippen molar-refractivity contribution >= 4 is 5.91 Å². The molecule has 0 aliphatic rings. The van der Waals surface area contributed by atoms with Crippen molar-refractivity contribution in [1.29, 1.82) is 0 Å². The first-order chi connectivity index (χ1) is 9.00. The van der Waals surface area contributed by atoms with Crippen molar-refractivity contribution in [3.8, 4) is 5.75 Å². The summed E-state index contributed by atoms with van der Waals surface area (Å²) >= 11 is 0. The lowest BCUT2D eigenvalue weighted by Crippen LogP contribution is -2.27. The Morgan fingerprint density at radius 1 is 1.42 bits per heavy atom. The molecule has 0 heterocycles. The second-order valence-corrected chi connectivity index (χ2v) is 4.71. The maximum absolute atomic E-state index is 12.8. The second-order valence-electron chi connectivity index (χ2n) is 4.71. The number of benzene rings is 1. The van der Waals surface area contributed by atoms with Crippen molar-refractivity contribution in [2.75, 3.05) is 19.8 Å². The summed E-state index contributed by atoms with van der Waals surface area (Å²) in [5.74, 6) is -0.792. The normalized spacial score (nSPS) is 10.7. The number of nitrogens with one attached hydrogen (secondary N) is 1. The van der Waals surface area contributed by atoms with Gasteiger partial charge in [0.25, 0.3) is 5.91 Å². The van der Waals surface area contributed by atoms with E-state index < -0.39 is 11.7 Å². The quantitative estimate of drug-likeness (QED) is 0.747. The highest BCUT2D eigenvalue weighted by Gasteiger charge is 2.10. The molecule has 0 bridgehead atoms. The Morgan fingerprint density at radius 2 is 2.16 bits per heavy atom. The Balaban J connectivity index is 2.28. The molecular weight excluding hydrogens is 249 g/mol. The van der Waals surface area contributed by atoms with Gasteiger partial charge in [-0.25, -0.2) is 4.39 Å². The van der Waals surface area contributed by atoms with Crippen LogP contribution in [0.2, 0.25) is 0 Å². The highest BCUT2D eigenvalue weighted by molar-refractivity contribution is 5.96. The third-order valence-electron chi connectivity index (χ3n) is 2.58. The monoisotopic (exact) mass is 269 g/mol. The molecule has 1 amide bonds. The molecular formula is C14H20FNO3. The predicted molar refractivity (Wildman–Crippen MR) is 70.7 cm³/mol. The molecule has 5 heteroatoms. The van der Waals surface area contributed by atoms with E-state index in [4.69, 9.17) is 4.74 Å². The molecule has 0 saturated heterocycles. The number of amides is 1. The molecule has 0 atom stereocenters. The molecule has 0 fully saturated rings. The van der Waals surface area contributed by atoms with Crippen LogP contribution in [0.5, 0.6) is 5.75 Å². The molecule has 0 aliphatic carbocycles. The highest BCUT2D eigenvalue weighted by atomic mass is 19.1. The summed E-state index contributed by atoms with van der Waals surface area (Å²) in [4.78, 5) is 11.7. The first-order valence-corrected chi connectivity index (χ1v) is 6.35. The molecule has 1 aromatic rings. The zero-order chi connectivity index (χ0) is 14.3. The van der Waals surface area contributed by atoms with Gasteiger partial charge >= 0.3 is 0 Å². The molecule has 0 radical (unpaired) electrons. The van der Waals surface area contributed by atoms with Gasteiger partial charge < -0.3 is 15.2 Å². The van der Waals surface area contributed by atoms with Crippen molar-refractivity contribution in [2.24, 2.45) is 5.92 Å². The number of phenolic OH excluding ortho intramolecular Hbond substituents is 1. The number of rotatable bonds is 7. The summed E-state index contributed by atoms with van der Waals surface area (Å²) in [5.41, 5.74) is 0.0589. The lowest BCUT2D eigenvalue weighted by atomic mass is 10.1. The van der Waals surface area contributed by atoms with Crippen LogP contribution in [0.3, 0.4) is 0 Å². The fraction of sp³-hybridized carbons (Fsp3) is 0.500. The average Bonchev–Trinajstić information content (AvgIpc) is 2.32. The fourth-order valence-corrected chi connectivity index (χ4v) is 1.45. The molecule has 1 rings (SSSR count). The SMILES string of the molecule is CC(C)CCOCCNC(=O)c1ccc(F)cc1O. The third-order valence-corrected chi connectivity index (χ3v) is 2.58. The number of carbonyl (C=O) groups is 1. The number of halogens is 1. The molecule has 0 spiro atoms. The maximum Gasteiger partial charge on any atom is 0.255 e. The van der Waals surface area contributed by atoms with E-state index in [1.165, 1.54) is 6.07 Å². The van der Waals surface area contributed by atoms with Crippen molar-refractivity contribution < 1.29 is 19.0 Å². The third kappa shape index (κ3) is 5.70. The molecule has 0 aliphatic heterocycles. The molecule has 19 heavy (non-hydrogen) atoms. The predicted octanol–water partition coefficient (Wildman–Crippen LogP) is 2.32. The standard InChI is InChI=1S/C14H20FNO3/c1-10(2)5-7-19-8-6-16-14(18)12-4-3-11(15)9-13(12)17/h3-4,9-10,17H,5-8H2,1-2H3,(H,16,18). The Hall–Kier alpha value is -1.62. The van der Waals surface area contributed by atoms with Crippen LogP contribution in [-0.4, -0.2) is 30.8 Å². The van der Waals surface area contributed by atoms with Gasteiger partial charge in [-0.05, 0) is 24.5 Å². The Morgan fingerprint density at radius 3 is 2.79 bits per heavy atom. The molecule has 0 saturated carbocycles. The van der Waals surface area contributed by atoms with E-state index in [0.717, 1.165) is 18.6 Å². The van der Waals surface area contributed by atoms with Gasteiger partial charge in [0.05, 0.1) is 12.2 Å². The molecule has 4 nitrogen and oxygen atoms in total. The summed E-state index contributed by atoms with van der Waals surface area (Å²) in [7, 11) is 0. The summed E-state index contributed by atoms with van der Waals surface area (Å²) in [6, 6.07) is 3.29. The van der Waals surface area contributed by atoms with Crippen LogP contribution < -0.4 is 5.32 Å². The number of hydrogen-bond acceptors (Lipinski definition) is 3. The Labute approximate surface area is 112 Å². The van der Waals surface area contributed by atoms with Crippen LogP contribution in [0.4, 0.5) is 4.39 Å². The number of carbonyl (C=O) groups excluding carboxylic acids is 1. The summed E-state index contributed by atoms with van der Waals surface area (Å²) in [6.45, 7) is 5.66. The summed E-state index contributed by atoms with van der Waals surface area (Å²) in [5, 5.41) is 12.0. The molecule has 1 aromatic carbocycles. The highest BCUT2D eigenvalue weighted by Crippen LogP contribution is 2.17. The van der Waals surface area contributed by atoms with Gasteiger partial charge in [-0.1, -0.05) is 13.8 Å². The molecule has 2 N–H and O–H groups in total. The van der Waals surface area contributed by atoms with Gasteiger partial charge in [0.2, 0.25) is 0 Å². The lowest BCUT2D eigenvalue weighted by Gasteiger charge is -2.08. The molecule has 106 valence electrons. The fourth-order valence-electron chi connectivity index (χ4n) is 1.45. The Kier molecular flexibility index (Phi) is 6.29. The van der Waals surface area contributed by atoms with E-state index in [1.807, 2.05) is 0 Å². The molecule has 0 unspecified atom stereocenters. The van der Waals surface area contributed by atoms with E-state index in [2.05, 4.69) is 19.2 Å². The summed E-state index contributed by atoms with van der Waals surface area (Å²) < 4.78 is 18.1. The number of aromatic hydroxyl groups is 1. The van der Waals surface area contributed by atoms with Crippen molar-refractivity contribution in [3.63, 3.8) is 0 Å². The van der Waals surface area contributed by atoms with Crippen LogP contribution in [0.15, 0.2) is 18.2 Å². The van der Waals surface area contributed by atoms with Crippen molar-refractivity contribution in [2.45, 2.75) is 20.3 Å². The van der Waals surface area contributed by atoms with Crippen LogP contribution in [0.1, 0.15) is 30.6 Å². The van der Waals surface area contributed by atoms with Crippen LogP contribution >= 0.6 is 0 Å². The largest absolute Gasteiger partial charge is 0.507 e. The minimum absolute atomic E-state index is 0.0589. The first kappa shape index (κ1) is 15.4. The zero-order valence-electron chi connectivity index (χ0n) is 11.3. The van der Waals surface area contributed by atoms with Crippen LogP contribution in [-0.2, 0) is 4.74 Å². The van der Waals surface area contributed by atoms with E-state index in [9.17, 15) is 14.3 Å². The van der Waals surface area contributed by atoms with Crippen molar-refractivity contribution in [1.82, 2.24) is 5.32 Å². The molecule has 0 aromatic heterocycles. The van der Waals surface area contributed by atoms with Gasteiger partial charge in [-0.15, -0.1) is 0 Å². The van der Waals surface area contributed by atoms with Crippen molar-refractivity contribution in [3.05, 3.63) is 29.6 Å². The van der Waals surface area contributed by atoms with Gasteiger partial charge in [0.15, 0.2) is 0 Å². The van der Waals surface area contributed by atoms with Crippen LogP contribution in [0.25, 0.3) is 0 Å². The van der Waals surface area contributed by atoms with Gasteiger partial charge in [0.1, 0.15) is 11.6 Å². The topological polar surface area (TPSA) is 58.6 Å².